The fraction of sp³-hybridized carbons (Fsp3) is 0.840. The third-order valence-corrected chi connectivity index (χ3v) is 7.16. The summed E-state index contributed by atoms with van der Waals surface area (Å²) in [7, 11) is 0. The van der Waals surface area contributed by atoms with E-state index in [0.29, 0.717) is 0 Å². The Balaban J connectivity index is 1.50. The van der Waals surface area contributed by atoms with Crippen LogP contribution in [-0.2, 0) is 0 Å². The van der Waals surface area contributed by atoms with E-state index in [2.05, 4.69) is 51.3 Å². The summed E-state index contributed by atoms with van der Waals surface area (Å²) in [5.41, 5.74) is 0.268. The maximum atomic E-state index is 9.58. The summed E-state index contributed by atoms with van der Waals surface area (Å²) in [5, 5.41) is 9.58. The molecule has 3 unspecified atom stereocenters. The summed E-state index contributed by atoms with van der Waals surface area (Å²) >= 11 is 0. The lowest BCUT2D eigenvalue weighted by atomic mass is 9.92. The zero-order valence-corrected chi connectivity index (χ0v) is 20.0. The third kappa shape index (κ3) is 6.86. The molecule has 0 aromatic rings. The maximum Gasteiger partial charge on any atom is 0.300 e. The molecule has 3 heterocycles. The van der Waals surface area contributed by atoms with E-state index in [1.807, 2.05) is 0 Å². The van der Waals surface area contributed by atoms with Crippen molar-refractivity contribution in [2.45, 2.75) is 52.9 Å². The van der Waals surface area contributed by atoms with E-state index in [0.717, 1.165) is 75.7 Å². The predicted octanol–water partition coefficient (Wildman–Crippen LogP) is 3.71. The van der Waals surface area contributed by atoms with Crippen LogP contribution in [-0.4, -0.2) is 85.0 Å². The molecule has 0 bridgehead atoms. The molecule has 0 aliphatic carbocycles. The highest BCUT2D eigenvalue weighted by molar-refractivity contribution is 5.33. The Kier molecular flexibility index (Phi) is 9.05. The summed E-state index contributed by atoms with van der Waals surface area (Å²) in [6.07, 6.45) is 6.21. The van der Waals surface area contributed by atoms with Gasteiger partial charge in [-0.3, -0.25) is 0 Å². The van der Waals surface area contributed by atoms with Crippen molar-refractivity contribution >= 4 is 0 Å². The standard InChI is InChI=1S/C25H42N6/c1-21-8-5-9-28(18-21)10-6-12-30-14-15-31(25(30)24(17-26)27-4)13-7-11-29-19-22(2)16-23(3)20-29/h21-23H,5-16,18-20H2,1-3H3. The van der Waals surface area contributed by atoms with Gasteiger partial charge in [0.05, 0.1) is 12.6 Å². The minimum Gasteiger partial charge on any atom is -0.365 e. The van der Waals surface area contributed by atoms with Crippen molar-refractivity contribution in [1.29, 1.82) is 5.26 Å². The van der Waals surface area contributed by atoms with E-state index < -0.39 is 0 Å². The van der Waals surface area contributed by atoms with Gasteiger partial charge in [0.2, 0.25) is 0 Å². The van der Waals surface area contributed by atoms with E-state index in [4.69, 9.17) is 6.57 Å². The minimum absolute atomic E-state index is 0.268. The van der Waals surface area contributed by atoms with Crippen molar-refractivity contribution in [3.63, 3.8) is 0 Å². The van der Waals surface area contributed by atoms with Gasteiger partial charge in [-0.25, -0.2) is 10.1 Å². The third-order valence-electron chi connectivity index (χ3n) is 7.16. The lowest BCUT2D eigenvalue weighted by Gasteiger charge is -2.35. The van der Waals surface area contributed by atoms with Gasteiger partial charge in [0, 0.05) is 45.8 Å². The van der Waals surface area contributed by atoms with Crippen LogP contribution < -0.4 is 0 Å². The second-order valence-electron chi connectivity index (χ2n) is 10.3. The van der Waals surface area contributed by atoms with E-state index >= 15 is 0 Å². The van der Waals surface area contributed by atoms with E-state index in [1.165, 1.54) is 45.4 Å². The smallest absolute Gasteiger partial charge is 0.300 e. The van der Waals surface area contributed by atoms with Gasteiger partial charge >= 0.3 is 5.70 Å². The van der Waals surface area contributed by atoms with Gasteiger partial charge in [-0.15, -0.1) is 0 Å². The summed E-state index contributed by atoms with van der Waals surface area (Å²) in [6.45, 7) is 25.4. The SMILES string of the molecule is [C-]#[N+]C(C#N)=C1N(CCCN2CCCC(C)C2)CCN1CCCN1CC(C)CC(C)C1. The molecule has 0 aromatic carbocycles. The maximum absolute atomic E-state index is 9.58. The highest BCUT2D eigenvalue weighted by Crippen LogP contribution is 2.25. The first-order valence-electron chi connectivity index (χ1n) is 12.5. The van der Waals surface area contributed by atoms with E-state index in [1.54, 1.807) is 0 Å². The lowest BCUT2D eigenvalue weighted by Crippen LogP contribution is -2.40. The monoisotopic (exact) mass is 426 g/mol. The average molecular weight is 427 g/mol. The summed E-state index contributed by atoms with van der Waals surface area (Å²) in [5.74, 6) is 3.28. The Bertz CT molecular complexity index is 663. The Morgan fingerprint density at radius 1 is 0.903 bits per heavy atom. The molecule has 3 aliphatic rings. The molecule has 31 heavy (non-hydrogen) atoms. The average Bonchev–Trinajstić information content (AvgIpc) is 3.11. The highest BCUT2D eigenvalue weighted by Gasteiger charge is 2.28. The van der Waals surface area contributed by atoms with Crippen LogP contribution in [0.15, 0.2) is 11.5 Å². The number of nitrogens with zero attached hydrogens (tertiary/aromatic N) is 6. The minimum atomic E-state index is 0.268. The molecule has 3 fully saturated rings. The first kappa shape index (κ1) is 23.9. The van der Waals surface area contributed by atoms with Crippen LogP contribution in [0.4, 0.5) is 0 Å². The fourth-order valence-corrected chi connectivity index (χ4v) is 5.95. The van der Waals surface area contributed by atoms with Crippen LogP contribution in [0, 0.1) is 35.7 Å². The number of nitriles is 1. The second-order valence-corrected chi connectivity index (χ2v) is 10.3. The second kappa shape index (κ2) is 11.7. The molecule has 0 amide bonds. The summed E-state index contributed by atoms with van der Waals surface area (Å²) in [6, 6.07) is 2.17. The van der Waals surface area contributed by atoms with Crippen molar-refractivity contribution in [3.8, 4) is 6.07 Å². The molecule has 3 aliphatic heterocycles. The van der Waals surface area contributed by atoms with Crippen LogP contribution in [0.5, 0.6) is 0 Å². The highest BCUT2D eigenvalue weighted by atomic mass is 15.4. The van der Waals surface area contributed by atoms with Crippen molar-refractivity contribution in [1.82, 2.24) is 19.6 Å². The first-order chi connectivity index (χ1) is 15.0. The van der Waals surface area contributed by atoms with Crippen LogP contribution in [0.3, 0.4) is 0 Å². The number of likely N-dealkylation sites (tertiary alicyclic amines) is 2. The quantitative estimate of drug-likeness (QED) is 0.437. The van der Waals surface area contributed by atoms with Gasteiger partial charge in [-0.1, -0.05) is 20.8 Å². The molecular weight excluding hydrogens is 384 g/mol. The zero-order valence-electron chi connectivity index (χ0n) is 20.0. The van der Waals surface area contributed by atoms with Gasteiger partial charge in [0.1, 0.15) is 5.82 Å². The Morgan fingerprint density at radius 3 is 2.03 bits per heavy atom. The lowest BCUT2D eigenvalue weighted by molar-refractivity contribution is 0.136. The van der Waals surface area contributed by atoms with E-state index in [9.17, 15) is 5.26 Å². The van der Waals surface area contributed by atoms with Crippen molar-refractivity contribution < 1.29 is 0 Å². The summed E-state index contributed by atoms with van der Waals surface area (Å²) in [4.78, 5) is 13.4. The fourth-order valence-electron chi connectivity index (χ4n) is 5.95. The number of rotatable bonds is 8. The first-order valence-corrected chi connectivity index (χ1v) is 12.5. The normalized spacial score (nSPS) is 29.6. The molecule has 0 radical (unpaired) electrons. The molecule has 0 N–H and O–H groups in total. The van der Waals surface area contributed by atoms with Gasteiger partial charge in [-0.05, 0) is 69.5 Å². The van der Waals surface area contributed by atoms with Gasteiger partial charge in [0.15, 0.2) is 0 Å². The van der Waals surface area contributed by atoms with Crippen LogP contribution >= 0.6 is 0 Å². The van der Waals surface area contributed by atoms with Crippen molar-refractivity contribution in [2.75, 3.05) is 65.4 Å². The predicted molar refractivity (Wildman–Crippen MR) is 126 cm³/mol. The number of piperidine rings is 2. The molecule has 6 nitrogen and oxygen atoms in total. The largest absolute Gasteiger partial charge is 0.365 e. The molecule has 0 spiro atoms. The molecule has 3 saturated heterocycles. The molecule has 0 saturated carbocycles. The van der Waals surface area contributed by atoms with Gasteiger partial charge < -0.3 is 19.6 Å². The van der Waals surface area contributed by atoms with Crippen LogP contribution in [0.1, 0.15) is 52.9 Å². The number of hydrogen-bond acceptors (Lipinski definition) is 5. The number of hydrogen-bond donors (Lipinski definition) is 0. The Labute approximate surface area is 190 Å². The van der Waals surface area contributed by atoms with Crippen LogP contribution in [0.2, 0.25) is 0 Å². The molecule has 3 rings (SSSR count). The molecule has 6 heteroatoms. The summed E-state index contributed by atoms with van der Waals surface area (Å²) < 4.78 is 0. The number of allylic oxidation sites excluding steroid dienone is 1. The van der Waals surface area contributed by atoms with E-state index in [-0.39, 0.29) is 5.70 Å². The van der Waals surface area contributed by atoms with Crippen molar-refractivity contribution in [3.05, 3.63) is 22.9 Å². The van der Waals surface area contributed by atoms with Crippen molar-refractivity contribution in [2.24, 2.45) is 17.8 Å². The molecular formula is C25H42N6. The molecule has 0 aromatic heterocycles. The Morgan fingerprint density at radius 2 is 1.48 bits per heavy atom. The van der Waals surface area contributed by atoms with Gasteiger partial charge in [0.25, 0.3) is 0 Å². The molecule has 172 valence electrons. The molecule has 3 atom stereocenters. The topological polar surface area (TPSA) is 41.1 Å². The van der Waals surface area contributed by atoms with Crippen LogP contribution in [0.25, 0.3) is 4.85 Å². The Hall–Kier alpha value is -1.76. The zero-order chi connectivity index (χ0) is 22.2. The van der Waals surface area contributed by atoms with Gasteiger partial charge in [-0.2, -0.15) is 0 Å².